The molecule has 104 valence electrons. The molecule has 0 aliphatic carbocycles. The van der Waals surface area contributed by atoms with Gasteiger partial charge in [0.05, 0.1) is 17.1 Å². The Balaban J connectivity index is 2.27. The monoisotopic (exact) mass is 290 g/mol. The third-order valence-corrected chi connectivity index (χ3v) is 3.38. The third-order valence-electron chi connectivity index (χ3n) is 2.64. The first-order valence-electron chi connectivity index (χ1n) is 5.87. The van der Waals surface area contributed by atoms with Crippen LogP contribution in [-0.4, -0.2) is 23.2 Å². The second kappa shape index (κ2) is 6.25. The van der Waals surface area contributed by atoms with E-state index in [2.05, 4.69) is 15.6 Å². The maximum absolute atomic E-state index is 10.9. The molecule has 0 saturated carbocycles. The predicted octanol–water partition coefficient (Wildman–Crippen LogP) is 3.50. The summed E-state index contributed by atoms with van der Waals surface area (Å²) in [5.74, 6) is 0.878. The van der Waals surface area contributed by atoms with Crippen molar-refractivity contribution in [3.8, 4) is 0 Å². The molecular formula is C13H14N4O2S. The Morgan fingerprint density at radius 2 is 1.85 bits per heavy atom. The standard InChI is InChI=1S/C13H14N4O2S/c1-14-12-7-10(17(18)19)8-13(16-12)15-9-3-5-11(20-2)6-4-9/h3-8H,1-2H3,(H2,14,15,16). The van der Waals surface area contributed by atoms with Gasteiger partial charge >= 0.3 is 0 Å². The molecule has 0 aliphatic heterocycles. The van der Waals surface area contributed by atoms with Crippen molar-refractivity contribution in [3.05, 3.63) is 46.5 Å². The van der Waals surface area contributed by atoms with Gasteiger partial charge in [0.2, 0.25) is 0 Å². The Kier molecular flexibility index (Phi) is 4.41. The number of nitrogens with one attached hydrogen (secondary N) is 2. The van der Waals surface area contributed by atoms with Crippen LogP contribution in [0.1, 0.15) is 0 Å². The van der Waals surface area contributed by atoms with Crippen LogP contribution in [-0.2, 0) is 0 Å². The van der Waals surface area contributed by atoms with E-state index in [1.165, 1.54) is 12.1 Å². The van der Waals surface area contributed by atoms with Gasteiger partial charge in [-0.25, -0.2) is 4.98 Å². The van der Waals surface area contributed by atoms with Gasteiger partial charge in [-0.2, -0.15) is 0 Å². The fourth-order valence-corrected chi connectivity index (χ4v) is 2.04. The Labute approximate surface area is 120 Å². The summed E-state index contributed by atoms with van der Waals surface area (Å²) in [6, 6.07) is 10.6. The molecular weight excluding hydrogens is 276 g/mol. The van der Waals surface area contributed by atoms with Crippen LogP contribution in [0.25, 0.3) is 0 Å². The van der Waals surface area contributed by atoms with E-state index in [4.69, 9.17) is 0 Å². The van der Waals surface area contributed by atoms with Crippen molar-refractivity contribution in [2.45, 2.75) is 4.90 Å². The molecule has 0 atom stereocenters. The number of rotatable bonds is 5. The Morgan fingerprint density at radius 3 is 2.40 bits per heavy atom. The fourth-order valence-electron chi connectivity index (χ4n) is 1.64. The van der Waals surface area contributed by atoms with E-state index < -0.39 is 4.92 Å². The van der Waals surface area contributed by atoms with E-state index >= 15 is 0 Å². The number of nitrogens with zero attached hydrogens (tertiary/aromatic N) is 2. The SMILES string of the molecule is CNc1cc([N+](=O)[O-])cc(Nc2ccc(SC)cc2)n1. The molecule has 7 heteroatoms. The predicted molar refractivity (Wildman–Crippen MR) is 81.9 cm³/mol. The minimum Gasteiger partial charge on any atom is -0.373 e. The maximum Gasteiger partial charge on any atom is 0.276 e. The average molecular weight is 290 g/mol. The van der Waals surface area contributed by atoms with Gasteiger partial charge < -0.3 is 10.6 Å². The molecule has 0 saturated heterocycles. The molecule has 0 aliphatic rings. The quantitative estimate of drug-likeness (QED) is 0.498. The summed E-state index contributed by atoms with van der Waals surface area (Å²) in [6.45, 7) is 0. The topological polar surface area (TPSA) is 80.1 Å². The zero-order valence-electron chi connectivity index (χ0n) is 11.1. The van der Waals surface area contributed by atoms with Crippen molar-refractivity contribution >= 4 is 34.8 Å². The van der Waals surface area contributed by atoms with Crippen LogP contribution < -0.4 is 10.6 Å². The summed E-state index contributed by atoms with van der Waals surface area (Å²) in [5.41, 5.74) is 0.824. The molecule has 0 amide bonds. The van der Waals surface area contributed by atoms with Gasteiger partial charge in [0.1, 0.15) is 11.6 Å². The summed E-state index contributed by atoms with van der Waals surface area (Å²) >= 11 is 1.65. The van der Waals surface area contributed by atoms with Crippen LogP contribution in [0.5, 0.6) is 0 Å². The van der Waals surface area contributed by atoms with Crippen LogP contribution in [0.15, 0.2) is 41.3 Å². The Hall–Kier alpha value is -2.28. The lowest BCUT2D eigenvalue weighted by Gasteiger charge is -2.08. The number of hydrogen-bond donors (Lipinski definition) is 2. The molecule has 2 aromatic rings. The Morgan fingerprint density at radius 1 is 1.20 bits per heavy atom. The number of benzene rings is 1. The van der Waals surface area contributed by atoms with Crippen LogP contribution in [0.2, 0.25) is 0 Å². The minimum atomic E-state index is -0.440. The van der Waals surface area contributed by atoms with Crippen molar-refractivity contribution in [2.75, 3.05) is 23.9 Å². The van der Waals surface area contributed by atoms with E-state index in [0.717, 1.165) is 10.6 Å². The van der Waals surface area contributed by atoms with Crippen molar-refractivity contribution in [3.63, 3.8) is 0 Å². The number of hydrogen-bond acceptors (Lipinski definition) is 6. The molecule has 6 nitrogen and oxygen atoms in total. The van der Waals surface area contributed by atoms with Crippen molar-refractivity contribution in [1.82, 2.24) is 4.98 Å². The zero-order valence-corrected chi connectivity index (χ0v) is 11.9. The second-order valence-electron chi connectivity index (χ2n) is 3.96. The van der Waals surface area contributed by atoms with Crippen molar-refractivity contribution < 1.29 is 4.92 Å². The summed E-state index contributed by atoms with van der Waals surface area (Å²) in [4.78, 5) is 15.8. The Bertz CT molecular complexity index is 616. The third kappa shape index (κ3) is 3.39. The molecule has 2 rings (SSSR count). The van der Waals surface area contributed by atoms with E-state index in [9.17, 15) is 10.1 Å². The van der Waals surface area contributed by atoms with Gasteiger partial charge in [0.25, 0.3) is 5.69 Å². The highest BCUT2D eigenvalue weighted by Gasteiger charge is 2.10. The first-order chi connectivity index (χ1) is 9.62. The molecule has 0 radical (unpaired) electrons. The summed E-state index contributed by atoms with van der Waals surface area (Å²) in [5, 5.41) is 16.7. The number of aromatic nitrogens is 1. The highest BCUT2D eigenvalue weighted by molar-refractivity contribution is 7.98. The maximum atomic E-state index is 10.9. The molecule has 1 aromatic carbocycles. The van der Waals surface area contributed by atoms with E-state index in [0.29, 0.717) is 11.6 Å². The first-order valence-corrected chi connectivity index (χ1v) is 7.10. The summed E-state index contributed by atoms with van der Waals surface area (Å²) in [7, 11) is 1.67. The molecule has 1 heterocycles. The van der Waals surface area contributed by atoms with E-state index in [1.54, 1.807) is 18.8 Å². The smallest absolute Gasteiger partial charge is 0.276 e. The van der Waals surface area contributed by atoms with Gasteiger partial charge in [-0.05, 0) is 30.5 Å². The summed E-state index contributed by atoms with van der Waals surface area (Å²) < 4.78 is 0. The van der Waals surface area contributed by atoms with Gasteiger partial charge in [-0.1, -0.05) is 0 Å². The van der Waals surface area contributed by atoms with Crippen LogP contribution in [0.3, 0.4) is 0 Å². The van der Waals surface area contributed by atoms with E-state index in [1.807, 2.05) is 30.5 Å². The van der Waals surface area contributed by atoms with Crippen LogP contribution in [0, 0.1) is 10.1 Å². The zero-order chi connectivity index (χ0) is 14.5. The lowest BCUT2D eigenvalue weighted by molar-refractivity contribution is -0.384. The van der Waals surface area contributed by atoms with Crippen molar-refractivity contribution in [2.24, 2.45) is 0 Å². The largest absolute Gasteiger partial charge is 0.373 e. The first kappa shape index (κ1) is 14.1. The average Bonchev–Trinajstić information content (AvgIpc) is 2.47. The van der Waals surface area contributed by atoms with Gasteiger partial charge in [-0.3, -0.25) is 10.1 Å². The minimum absolute atomic E-state index is 0.00687. The number of thioether (sulfide) groups is 1. The molecule has 0 unspecified atom stereocenters. The highest BCUT2D eigenvalue weighted by Crippen LogP contribution is 2.24. The van der Waals surface area contributed by atoms with Crippen LogP contribution >= 0.6 is 11.8 Å². The van der Waals surface area contributed by atoms with Gasteiger partial charge in [0, 0.05) is 17.6 Å². The molecule has 1 aromatic heterocycles. The van der Waals surface area contributed by atoms with Crippen LogP contribution in [0.4, 0.5) is 23.0 Å². The second-order valence-corrected chi connectivity index (χ2v) is 4.84. The summed E-state index contributed by atoms with van der Waals surface area (Å²) in [6.07, 6.45) is 2.00. The molecule has 20 heavy (non-hydrogen) atoms. The number of pyridine rings is 1. The van der Waals surface area contributed by atoms with Gasteiger partial charge in [-0.15, -0.1) is 11.8 Å². The van der Waals surface area contributed by atoms with E-state index in [-0.39, 0.29) is 5.69 Å². The molecule has 0 spiro atoms. The molecule has 0 bridgehead atoms. The number of nitro groups is 1. The normalized spacial score (nSPS) is 10.1. The molecule has 2 N–H and O–H groups in total. The highest BCUT2D eigenvalue weighted by atomic mass is 32.2. The van der Waals surface area contributed by atoms with Gasteiger partial charge in [0.15, 0.2) is 0 Å². The van der Waals surface area contributed by atoms with Crippen molar-refractivity contribution in [1.29, 1.82) is 0 Å². The fraction of sp³-hybridized carbons (Fsp3) is 0.154. The number of anilines is 3. The lowest BCUT2D eigenvalue weighted by atomic mass is 10.3. The molecule has 0 fully saturated rings. The lowest BCUT2D eigenvalue weighted by Crippen LogP contribution is -2.00.